The van der Waals surface area contributed by atoms with Crippen LogP contribution in [0.3, 0.4) is 0 Å². The molecule has 0 bridgehead atoms. The van der Waals surface area contributed by atoms with Crippen molar-refractivity contribution in [2.75, 3.05) is 39.3 Å². The van der Waals surface area contributed by atoms with Crippen molar-refractivity contribution in [2.45, 2.75) is 101 Å². The summed E-state index contributed by atoms with van der Waals surface area (Å²) in [6.07, 6.45) is 2.61. The quantitative estimate of drug-likeness (QED) is 0.595. The summed E-state index contributed by atoms with van der Waals surface area (Å²) < 4.78 is 41.3. The highest BCUT2D eigenvalue weighted by atomic mass is 19.3. The average molecular weight is 495 g/mol. The Balaban J connectivity index is 1.20. The molecule has 3 heterocycles. The van der Waals surface area contributed by atoms with Gasteiger partial charge in [-0.25, -0.2) is 13.6 Å². The number of ether oxygens (including phenoxy) is 1. The Morgan fingerprint density at radius 2 is 1.77 bits per heavy atom. The number of amides is 1. The molecule has 2 saturated carbocycles. The van der Waals surface area contributed by atoms with Gasteiger partial charge in [0.1, 0.15) is 5.76 Å². The lowest BCUT2D eigenvalue weighted by molar-refractivity contribution is -0.170. The first-order valence-corrected chi connectivity index (χ1v) is 13.4. The zero-order valence-electron chi connectivity index (χ0n) is 21.3. The van der Waals surface area contributed by atoms with Crippen LogP contribution < -0.4 is 0 Å². The molecule has 196 valence electrons. The van der Waals surface area contributed by atoms with Crippen LogP contribution in [0.4, 0.5) is 13.6 Å². The lowest BCUT2D eigenvalue weighted by Crippen LogP contribution is -2.61. The number of hydrogen-bond acceptors (Lipinski definition) is 6. The number of carbonyl (C=O) groups excluding carboxylic acids is 1. The molecule has 0 aromatic carbocycles. The van der Waals surface area contributed by atoms with Gasteiger partial charge in [-0.05, 0) is 52.4 Å². The summed E-state index contributed by atoms with van der Waals surface area (Å²) in [5.41, 5.74) is 0.757. The van der Waals surface area contributed by atoms with E-state index in [1.165, 1.54) is 0 Å². The Labute approximate surface area is 207 Å². The van der Waals surface area contributed by atoms with Crippen LogP contribution in [0.5, 0.6) is 0 Å². The SMILES string of the molecule is CC(C)N1CCN([C@H]2CCCC(F)(F)C2OC(=O)N2CCC(C)(c3cc(C4CC4)on3)CC2)CC1. The lowest BCUT2D eigenvalue weighted by Gasteiger charge is -2.47. The number of hydrogen-bond donors (Lipinski definition) is 0. The van der Waals surface area contributed by atoms with Crippen molar-refractivity contribution >= 4 is 6.09 Å². The van der Waals surface area contributed by atoms with E-state index in [2.05, 4.69) is 41.8 Å². The molecule has 2 aliphatic carbocycles. The first-order chi connectivity index (χ1) is 16.7. The van der Waals surface area contributed by atoms with Gasteiger partial charge < -0.3 is 14.2 Å². The van der Waals surface area contributed by atoms with E-state index in [1.54, 1.807) is 4.90 Å². The molecular weight excluding hydrogens is 454 g/mol. The molecular formula is C26H40F2N4O3. The van der Waals surface area contributed by atoms with Crippen LogP contribution in [-0.2, 0) is 10.2 Å². The van der Waals surface area contributed by atoms with Crippen molar-refractivity contribution in [3.05, 3.63) is 17.5 Å². The number of piperidine rings is 1. The van der Waals surface area contributed by atoms with Crippen molar-refractivity contribution < 1.29 is 22.8 Å². The van der Waals surface area contributed by atoms with Crippen molar-refractivity contribution in [1.82, 2.24) is 19.9 Å². The number of likely N-dealkylation sites (tertiary alicyclic amines) is 1. The molecule has 9 heteroatoms. The van der Waals surface area contributed by atoms with E-state index in [9.17, 15) is 4.79 Å². The van der Waals surface area contributed by atoms with Gasteiger partial charge in [0.2, 0.25) is 0 Å². The normalized spacial score (nSPS) is 29.9. The van der Waals surface area contributed by atoms with Crippen LogP contribution in [0.2, 0.25) is 0 Å². The van der Waals surface area contributed by atoms with Crippen molar-refractivity contribution in [3.63, 3.8) is 0 Å². The lowest BCUT2D eigenvalue weighted by atomic mass is 9.77. The van der Waals surface area contributed by atoms with Crippen molar-refractivity contribution in [2.24, 2.45) is 0 Å². The molecule has 2 atom stereocenters. The van der Waals surface area contributed by atoms with Crippen molar-refractivity contribution in [1.29, 1.82) is 0 Å². The summed E-state index contributed by atoms with van der Waals surface area (Å²) in [5.74, 6) is -1.53. The third-order valence-electron chi connectivity index (χ3n) is 8.80. The third-order valence-corrected chi connectivity index (χ3v) is 8.80. The molecule has 0 radical (unpaired) electrons. The van der Waals surface area contributed by atoms with Crippen LogP contribution in [0.25, 0.3) is 0 Å². The fourth-order valence-electron chi connectivity index (χ4n) is 6.00. The van der Waals surface area contributed by atoms with Gasteiger partial charge >= 0.3 is 6.09 Å². The first-order valence-electron chi connectivity index (χ1n) is 13.4. The maximum atomic E-state index is 15.1. The maximum absolute atomic E-state index is 15.1. The van der Waals surface area contributed by atoms with Gasteiger partial charge in [-0.2, -0.15) is 0 Å². The van der Waals surface area contributed by atoms with Gasteiger partial charge in [0.15, 0.2) is 6.10 Å². The number of aromatic nitrogens is 1. The van der Waals surface area contributed by atoms with Gasteiger partial charge in [0.25, 0.3) is 5.92 Å². The molecule has 0 spiro atoms. The summed E-state index contributed by atoms with van der Waals surface area (Å²) >= 11 is 0. The molecule has 2 aliphatic heterocycles. The van der Waals surface area contributed by atoms with Crippen LogP contribution in [-0.4, -0.2) is 89.3 Å². The number of carbonyl (C=O) groups is 1. The molecule has 0 N–H and O–H groups in total. The molecule has 1 aromatic heterocycles. The molecule has 35 heavy (non-hydrogen) atoms. The summed E-state index contributed by atoms with van der Waals surface area (Å²) in [6.45, 7) is 10.6. The van der Waals surface area contributed by atoms with E-state index in [0.29, 0.717) is 50.7 Å². The van der Waals surface area contributed by atoms with E-state index in [0.717, 1.165) is 50.5 Å². The van der Waals surface area contributed by atoms with Gasteiger partial charge in [-0.15, -0.1) is 0 Å². The summed E-state index contributed by atoms with van der Waals surface area (Å²) in [6, 6.07) is 2.08. The minimum atomic E-state index is -3.00. The summed E-state index contributed by atoms with van der Waals surface area (Å²) in [5, 5.41) is 4.32. The highest BCUT2D eigenvalue weighted by molar-refractivity contribution is 5.68. The molecule has 2 saturated heterocycles. The monoisotopic (exact) mass is 494 g/mol. The summed E-state index contributed by atoms with van der Waals surface area (Å²) in [4.78, 5) is 19.2. The second-order valence-electron chi connectivity index (χ2n) is 11.6. The Morgan fingerprint density at radius 1 is 1.09 bits per heavy atom. The number of halogens is 2. The second-order valence-corrected chi connectivity index (χ2v) is 11.6. The van der Waals surface area contributed by atoms with Crippen molar-refractivity contribution in [3.8, 4) is 0 Å². The van der Waals surface area contributed by atoms with Gasteiger partial charge in [0, 0.05) is 69.1 Å². The first kappa shape index (κ1) is 24.9. The van der Waals surface area contributed by atoms with Gasteiger partial charge in [0.05, 0.1) is 11.7 Å². The Hall–Kier alpha value is -1.74. The van der Waals surface area contributed by atoms with Gasteiger partial charge in [-0.3, -0.25) is 9.80 Å². The molecule has 5 rings (SSSR count). The fraction of sp³-hybridized carbons (Fsp3) is 0.846. The predicted octanol–water partition coefficient (Wildman–Crippen LogP) is 4.62. The van der Waals surface area contributed by atoms with E-state index in [-0.39, 0.29) is 11.8 Å². The molecule has 7 nitrogen and oxygen atoms in total. The largest absolute Gasteiger partial charge is 0.438 e. The number of piperazine rings is 1. The average Bonchev–Trinajstić information content (AvgIpc) is 3.56. The van der Waals surface area contributed by atoms with Gasteiger partial charge in [-0.1, -0.05) is 12.1 Å². The highest BCUT2D eigenvalue weighted by Crippen LogP contribution is 2.43. The van der Waals surface area contributed by atoms with E-state index >= 15 is 8.78 Å². The van der Waals surface area contributed by atoms with E-state index < -0.39 is 24.2 Å². The molecule has 1 aromatic rings. The molecule has 1 unspecified atom stereocenters. The third kappa shape index (κ3) is 5.22. The topological polar surface area (TPSA) is 62.1 Å². The maximum Gasteiger partial charge on any atom is 0.410 e. The Bertz CT molecular complexity index is 887. The van der Waals surface area contributed by atoms with Crippen LogP contribution >= 0.6 is 0 Å². The Kier molecular flexibility index (Phi) is 6.85. The van der Waals surface area contributed by atoms with E-state index in [1.807, 2.05) is 0 Å². The highest BCUT2D eigenvalue weighted by Gasteiger charge is 2.52. The fourth-order valence-corrected chi connectivity index (χ4v) is 6.00. The predicted molar refractivity (Wildman–Crippen MR) is 128 cm³/mol. The number of nitrogens with zero attached hydrogens (tertiary/aromatic N) is 4. The van der Waals surface area contributed by atoms with Crippen LogP contribution in [0, 0.1) is 0 Å². The summed E-state index contributed by atoms with van der Waals surface area (Å²) in [7, 11) is 0. The second kappa shape index (κ2) is 9.61. The minimum absolute atomic E-state index is 0.180. The number of alkyl halides is 2. The van der Waals surface area contributed by atoms with Crippen LogP contribution in [0.15, 0.2) is 10.6 Å². The molecule has 4 aliphatic rings. The zero-order valence-corrected chi connectivity index (χ0v) is 21.3. The minimum Gasteiger partial charge on any atom is -0.438 e. The smallest absolute Gasteiger partial charge is 0.410 e. The standard InChI is InChI=1S/C26H40F2N4O3/c1-18(2)30-13-15-31(16-14-30)20-5-4-8-26(27,28)23(20)34-24(33)32-11-9-25(3,10-12-32)22-17-21(35-29-22)19-6-7-19/h17-20,23H,4-16H2,1-3H3/t20-,23?/m0/s1. The Morgan fingerprint density at radius 3 is 2.40 bits per heavy atom. The number of rotatable bonds is 5. The molecule has 4 fully saturated rings. The van der Waals surface area contributed by atoms with Crippen LogP contribution in [0.1, 0.15) is 83.1 Å². The van der Waals surface area contributed by atoms with E-state index in [4.69, 9.17) is 9.26 Å². The molecule has 1 amide bonds. The zero-order chi connectivity index (χ0) is 24.8.